The Morgan fingerprint density at radius 1 is 1.04 bits per heavy atom. The lowest BCUT2D eigenvalue weighted by Gasteiger charge is -2.24. The monoisotopic (exact) mass is 348 g/mol. The van der Waals surface area contributed by atoms with Crippen LogP contribution in [0.1, 0.15) is 63.7 Å². The molecule has 2 amide bonds. The number of hydrogen-bond donors (Lipinski definition) is 2. The summed E-state index contributed by atoms with van der Waals surface area (Å²) in [6, 6.07) is 6.40. The summed E-state index contributed by atoms with van der Waals surface area (Å²) in [6.45, 7) is 8.03. The highest BCUT2D eigenvalue weighted by Crippen LogP contribution is 2.12. The Labute approximate surface area is 151 Å². The van der Waals surface area contributed by atoms with E-state index >= 15 is 0 Å². The van der Waals surface area contributed by atoms with Gasteiger partial charge in [-0.25, -0.2) is 0 Å². The zero-order valence-electron chi connectivity index (χ0n) is 16.1. The smallest absolute Gasteiger partial charge is 0.251 e. The van der Waals surface area contributed by atoms with E-state index in [0.29, 0.717) is 11.3 Å². The van der Waals surface area contributed by atoms with E-state index in [-0.39, 0.29) is 23.8 Å². The SMILES string of the molecule is CCCCCC(C)NC(=O)C(NC(=O)c1ccc(OC)cc1)C(C)C. The van der Waals surface area contributed by atoms with Crippen molar-refractivity contribution in [2.24, 2.45) is 5.92 Å². The summed E-state index contributed by atoms with van der Waals surface area (Å²) in [5.74, 6) is 0.316. The predicted octanol–water partition coefficient (Wildman–Crippen LogP) is 3.53. The molecule has 0 fully saturated rings. The number of benzene rings is 1. The van der Waals surface area contributed by atoms with Crippen molar-refractivity contribution < 1.29 is 14.3 Å². The maximum atomic E-state index is 12.5. The van der Waals surface area contributed by atoms with Crippen LogP contribution in [0.25, 0.3) is 0 Å². The molecule has 0 heterocycles. The first kappa shape index (κ1) is 21.0. The van der Waals surface area contributed by atoms with E-state index in [1.54, 1.807) is 31.4 Å². The third kappa shape index (κ3) is 7.16. The molecular formula is C20H32N2O3. The summed E-state index contributed by atoms with van der Waals surface area (Å²) >= 11 is 0. The van der Waals surface area contributed by atoms with Crippen LogP contribution >= 0.6 is 0 Å². The quantitative estimate of drug-likeness (QED) is 0.636. The first-order chi connectivity index (χ1) is 11.9. The minimum Gasteiger partial charge on any atom is -0.497 e. The standard InChI is InChI=1S/C20H32N2O3/c1-6-7-8-9-15(4)21-20(24)18(14(2)3)22-19(23)16-10-12-17(25-5)13-11-16/h10-15,18H,6-9H2,1-5H3,(H,21,24)(H,22,23). The van der Waals surface area contributed by atoms with Gasteiger partial charge < -0.3 is 15.4 Å². The van der Waals surface area contributed by atoms with Crippen LogP contribution in [-0.4, -0.2) is 31.0 Å². The van der Waals surface area contributed by atoms with Gasteiger partial charge in [0.15, 0.2) is 0 Å². The summed E-state index contributed by atoms with van der Waals surface area (Å²) in [5.41, 5.74) is 0.509. The van der Waals surface area contributed by atoms with Crippen LogP contribution < -0.4 is 15.4 Å². The van der Waals surface area contributed by atoms with Crippen molar-refractivity contribution in [1.82, 2.24) is 10.6 Å². The molecule has 25 heavy (non-hydrogen) atoms. The van der Waals surface area contributed by atoms with Crippen molar-refractivity contribution in [2.45, 2.75) is 65.5 Å². The molecule has 0 aromatic heterocycles. The van der Waals surface area contributed by atoms with Gasteiger partial charge >= 0.3 is 0 Å². The molecule has 0 saturated carbocycles. The predicted molar refractivity (Wildman–Crippen MR) is 101 cm³/mol. The summed E-state index contributed by atoms with van der Waals surface area (Å²) in [5, 5.41) is 5.87. The summed E-state index contributed by atoms with van der Waals surface area (Å²) in [7, 11) is 1.58. The second-order valence-electron chi connectivity index (χ2n) is 6.83. The van der Waals surface area contributed by atoms with Gasteiger partial charge in [0.2, 0.25) is 5.91 Å². The maximum absolute atomic E-state index is 12.5. The van der Waals surface area contributed by atoms with Crippen LogP contribution in [0.4, 0.5) is 0 Å². The topological polar surface area (TPSA) is 67.4 Å². The number of ether oxygens (including phenoxy) is 1. The second kappa shape index (κ2) is 10.7. The van der Waals surface area contributed by atoms with E-state index in [0.717, 1.165) is 19.3 Å². The van der Waals surface area contributed by atoms with Crippen LogP contribution in [0, 0.1) is 5.92 Å². The highest BCUT2D eigenvalue weighted by atomic mass is 16.5. The van der Waals surface area contributed by atoms with Gasteiger partial charge in [0, 0.05) is 11.6 Å². The van der Waals surface area contributed by atoms with Gasteiger partial charge in [0.05, 0.1) is 7.11 Å². The lowest BCUT2D eigenvalue weighted by molar-refractivity contribution is -0.124. The number of methoxy groups -OCH3 is 1. The average molecular weight is 348 g/mol. The van der Waals surface area contributed by atoms with Gasteiger partial charge in [0.25, 0.3) is 5.91 Å². The highest BCUT2D eigenvalue weighted by Gasteiger charge is 2.25. The maximum Gasteiger partial charge on any atom is 0.251 e. The minimum atomic E-state index is -0.553. The molecule has 2 atom stereocenters. The fourth-order valence-electron chi connectivity index (χ4n) is 2.61. The van der Waals surface area contributed by atoms with Crippen LogP contribution in [0.3, 0.4) is 0 Å². The molecule has 0 radical (unpaired) electrons. The second-order valence-corrected chi connectivity index (χ2v) is 6.83. The molecule has 0 saturated heterocycles. The number of hydrogen-bond acceptors (Lipinski definition) is 3. The van der Waals surface area contributed by atoms with Crippen molar-refractivity contribution in [1.29, 1.82) is 0 Å². The molecule has 2 N–H and O–H groups in total. The lowest BCUT2D eigenvalue weighted by atomic mass is 10.0. The Bertz CT molecular complexity index is 540. The molecule has 5 heteroatoms. The van der Waals surface area contributed by atoms with Crippen LogP contribution in [0.5, 0.6) is 5.75 Å². The van der Waals surface area contributed by atoms with Crippen molar-refractivity contribution >= 4 is 11.8 Å². The van der Waals surface area contributed by atoms with Crippen molar-refractivity contribution in [3.8, 4) is 5.75 Å². The molecule has 0 aliphatic heterocycles. The first-order valence-corrected chi connectivity index (χ1v) is 9.14. The fourth-order valence-corrected chi connectivity index (χ4v) is 2.61. The van der Waals surface area contributed by atoms with E-state index in [9.17, 15) is 9.59 Å². The molecule has 0 aliphatic rings. The Morgan fingerprint density at radius 3 is 2.20 bits per heavy atom. The van der Waals surface area contributed by atoms with Crippen molar-refractivity contribution in [3.05, 3.63) is 29.8 Å². The number of unbranched alkanes of at least 4 members (excludes halogenated alkanes) is 2. The van der Waals surface area contributed by atoms with Gasteiger partial charge in [0.1, 0.15) is 11.8 Å². The highest BCUT2D eigenvalue weighted by molar-refractivity contribution is 5.97. The zero-order chi connectivity index (χ0) is 18.8. The first-order valence-electron chi connectivity index (χ1n) is 9.14. The molecule has 1 rings (SSSR count). The summed E-state index contributed by atoms with van der Waals surface area (Å²) in [6.07, 6.45) is 4.38. The summed E-state index contributed by atoms with van der Waals surface area (Å²) < 4.78 is 5.09. The van der Waals surface area contributed by atoms with Gasteiger partial charge in [-0.2, -0.15) is 0 Å². The van der Waals surface area contributed by atoms with Gasteiger partial charge in [-0.1, -0.05) is 40.0 Å². The number of carbonyl (C=O) groups excluding carboxylic acids is 2. The van der Waals surface area contributed by atoms with Crippen LogP contribution in [0.15, 0.2) is 24.3 Å². The molecule has 5 nitrogen and oxygen atoms in total. The van der Waals surface area contributed by atoms with E-state index < -0.39 is 6.04 Å². The Kier molecular flexibility index (Phi) is 9.03. The third-order valence-corrected chi connectivity index (χ3v) is 4.22. The average Bonchev–Trinajstić information content (AvgIpc) is 2.59. The molecule has 140 valence electrons. The van der Waals surface area contributed by atoms with Gasteiger partial charge in [-0.15, -0.1) is 0 Å². The van der Waals surface area contributed by atoms with Crippen LogP contribution in [0.2, 0.25) is 0 Å². The Morgan fingerprint density at radius 2 is 1.68 bits per heavy atom. The normalized spacial score (nSPS) is 13.2. The van der Waals surface area contributed by atoms with E-state index in [1.807, 2.05) is 20.8 Å². The summed E-state index contributed by atoms with van der Waals surface area (Å²) in [4.78, 5) is 25.0. The number of nitrogens with one attached hydrogen (secondary N) is 2. The molecule has 0 aliphatic carbocycles. The van der Waals surface area contributed by atoms with Crippen molar-refractivity contribution in [2.75, 3.05) is 7.11 Å². The fraction of sp³-hybridized carbons (Fsp3) is 0.600. The van der Waals surface area contributed by atoms with E-state index in [1.165, 1.54) is 6.42 Å². The van der Waals surface area contributed by atoms with E-state index in [4.69, 9.17) is 4.74 Å². The van der Waals surface area contributed by atoms with Crippen molar-refractivity contribution in [3.63, 3.8) is 0 Å². The van der Waals surface area contributed by atoms with Crippen LogP contribution in [-0.2, 0) is 4.79 Å². The zero-order valence-corrected chi connectivity index (χ0v) is 16.1. The largest absolute Gasteiger partial charge is 0.497 e. The Balaban J connectivity index is 2.65. The number of carbonyl (C=O) groups is 2. The molecule has 1 aromatic rings. The molecular weight excluding hydrogens is 316 g/mol. The van der Waals surface area contributed by atoms with Gasteiger partial charge in [-0.05, 0) is 43.5 Å². The van der Waals surface area contributed by atoms with E-state index in [2.05, 4.69) is 17.6 Å². The number of amides is 2. The van der Waals surface area contributed by atoms with Gasteiger partial charge in [-0.3, -0.25) is 9.59 Å². The Hall–Kier alpha value is -2.04. The molecule has 2 unspecified atom stereocenters. The number of rotatable bonds is 10. The third-order valence-electron chi connectivity index (χ3n) is 4.22. The molecule has 0 spiro atoms. The minimum absolute atomic E-state index is 0.00467. The molecule has 1 aromatic carbocycles. The lowest BCUT2D eigenvalue weighted by Crippen LogP contribution is -2.51. The molecule has 0 bridgehead atoms.